The molecule has 0 unspecified atom stereocenters. The van der Waals surface area contributed by atoms with Crippen LogP contribution in [-0.4, -0.2) is 47.2 Å². The summed E-state index contributed by atoms with van der Waals surface area (Å²) in [6.45, 7) is 3.31. The summed E-state index contributed by atoms with van der Waals surface area (Å²) in [6.07, 6.45) is 7.35. The smallest absolute Gasteiger partial charge is 0.255 e. The highest BCUT2D eigenvalue weighted by atomic mass is 32.1. The van der Waals surface area contributed by atoms with Gasteiger partial charge >= 0.3 is 0 Å². The van der Waals surface area contributed by atoms with Crippen LogP contribution in [0.2, 0.25) is 0 Å². The van der Waals surface area contributed by atoms with E-state index in [0.717, 1.165) is 56.8 Å². The molecule has 1 amide bonds. The minimum absolute atomic E-state index is 0.218. The minimum Gasteiger partial charge on any atom is -0.353 e. The van der Waals surface area contributed by atoms with Gasteiger partial charge in [0.25, 0.3) is 5.91 Å². The van der Waals surface area contributed by atoms with Gasteiger partial charge in [0.1, 0.15) is 0 Å². The number of carbonyl (C=O) groups is 1. The lowest BCUT2D eigenvalue weighted by atomic mass is 9.95. The fraction of sp³-hybridized carbons (Fsp3) is 0.500. The zero-order valence-corrected chi connectivity index (χ0v) is 14.6. The van der Waals surface area contributed by atoms with Gasteiger partial charge in [0.15, 0.2) is 5.82 Å². The Morgan fingerprint density at radius 1 is 1.08 bits per heavy atom. The number of thiophene rings is 1. The lowest BCUT2D eigenvalue weighted by Crippen LogP contribution is -2.35. The summed E-state index contributed by atoms with van der Waals surface area (Å²) in [7, 11) is 0. The van der Waals surface area contributed by atoms with Crippen molar-refractivity contribution in [1.82, 2.24) is 15.1 Å². The first-order valence-corrected chi connectivity index (χ1v) is 9.62. The third-order valence-corrected chi connectivity index (χ3v) is 6.05. The number of nitrogens with zero attached hydrogens (tertiary/aromatic N) is 4. The molecule has 6 heteroatoms. The standard InChI is InChI=1S/C18H22N4OS/c23-18(15-13-24-16-6-2-1-5-14(15)16)22-10-4-9-21(11-12-22)17-7-3-8-19-20-17/h3,7-8,13H,1-2,4-6,9-12H2. The summed E-state index contributed by atoms with van der Waals surface area (Å²) in [4.78, 5) is 18.7. The van der Waals surface area contributed by atoms with E-state index in [-0.39, 0.29) is 5.91 Å². The second-order valence-corrected chi connectivity index (χ2v) is 7.44. The molecule has 0 saturated carbocycles. The monoisotopic (exact) mass is 342 g/mol. The van der Waals surface area contributed by atoms with E-state index < -0.39 is 0 Å². The number of carbonyl (C=O) groups excluding carboxylic acids is 1. The molecule has 24 heavy (non-hydrogen) atoms. The number of fused-ring (bicyclic) bond motifs is 1. The zero-order valence-electron chi connectivity index (χ0n) is 13.8. The van der Waals surface area contributed by atoms with E-state index in [0.29, 0.717) is 0 Å². The van der Waals surface area contributed by atoms with Gasteiger partial charge in [-0.1, -0.05) is 0 Å². The van der Waals surface area contributed by atoms with Crippen molar-refractivity contribution in [3.63, 3.8) is 0 Å². The van der Waals surface area contributed by atoms with Gasteiger partial charge in [-0.25, -0.2) is 0 Å². The van der Waals surface area contributed by atoms with E-state index in [1.807, 2.05) is 17.0 Å². The minimum atomic E-state index is 0.218. The van der Waals surface area contributed by atoms with E-state index >= 15 is 0 Å². The van der Waals surface area contributed by atoms with E-state index in [9.17, 15) is 4.79 Å². The second-order valence-electron chi connectivity index (χ2n) is 6.47. The molecule has 4 rings (SSSR count). The Morgan fingerprint density at radius 2 is 2.00 bits per heavy atom. The van der Waals surface area contributed by atoms with E-state index in [4.69, 9.17) is 0 Å². The highest BCUT2D eigenvalue weighted by molar-refractivity contribution is 7.10. The Bertz CT molecular complexity index is 715. The van der Waals surface area contributed by atoms with Crippen LogP contribution in [0.25, 0.3) is 0 Å². The number of amides is 1. The van der Waals surface area contributed by atoms with Gasteiger partial charge in [-0.15, -0.1) is 16.4 Å². The lowest BCUT2D eigenvalue weighted by molar-refractivity contribution is 0.0766. The molecule has 0 spiro atoms. The maximum atomic E-state index is 13.0. The number of aromatic nitrogens is 2. The first-order valence-electron chi connectivity index (χ1n) is 8.74. The van der Waals surface area contributed by atoms with Crippen LogP contribution in [0.5, 0.6) is 0 Å². The van der Waals surface area contributed by atoms with Crippen LogP contribution in [0.4, 0.5) is 5.82 Å². The van der Waals surface area contributed by atoms with Crippen LogP contribution < -0.4 is 4.90 Å². The first-order chi connectivity index (χ1) is 11.8. The molecule has 2 aromatic rings. The van der Waals surface area contributed by atoms with Crippen molar-refractivity contribution in [1.29, 1.82) is 0 Å². The van der Waals surface area contributed by atoms with Crippen molar-refractivity contribution >= 4 is 23.1 Å². The van der Waals surface area contributed by atoms with Gasteiger partial charge in [0, 0.05) is 42.6 Å². The van der Waals surface area contributed by atoms with Crippen LogP contribution in [0.1, 0.15) is 40.1 Å². The molecular weight excluding hydrogens is 320 g/mol. The maximum Gasteiger partial charge on any atom is 0.255 e. The molecule has 3 heterocycles. The van der Waals surface area contributed by atoms with Crippen LogP contribution in [0.3, 0.4) is 0 Å². The molecule has 2 aromatic heterocycles. The number of hydrogen-bond donors (Lipinski definition) is 0. The largest absolute Gasteiger partial charge is 0.353 e. The van der Waals surface area contributed by atoms with Gasteiger partial charge in [0.2, 0.25) is 0 Å². The summed E-state index contributed by atoms with van der Waals surface area (Å²) in [5.74, 6) is 1.12. The Kier molecular flexibility index (Phi) is 4.47. The number of anilines is 1. The normalized spacial score (nSPS) is 18.2. The van der Waals surface area contributed by atoms with Gasteiger partial charge in [0.05, 0.1) is 5.56 Å². The molecule has 1 fully saturated rings. The van der Waals surface area contributed by atoms with Crippen molar-refractivity contribution in [2.24, 2.45) is 0 Å². The molecule has 0 bridgehead atoms. The maximum absolute atomic E-state index is 13.0. The molecule has 1 aliphatic carbocycles. The average Bonchev–Trinajstić information content (AvgIpc) is 2.91. The van der Waals surface area contributed by atoms with E-state index in [1.54, 1.807) is 17.5 Å². The topological polar surface area (TPSA) is 49.3 Å². The Hall–Kier alpha value is -1.95. The molecule has 1 aliphatic heterocycles. The molecular formula is C18H22N4OS. The predicted molar refractivity (Wildman–Crippen MR) is 95.7 cm³/mol. The highest BCUT2D eigenvalue weighted by Crippen LogP contribution is 2.31. The van der Waals surface area contributed by atoms with Crippen LogP contribution in [0.15, 0.2) is 23.7 Å². The molecule has 0 N–H and O–H groups in total. The Labute approximate surface area is 146 Å². The van der Waals surface area contributed by atoms with Crippen molar-refractivity contribution < 1.29 is 4.79 Å². The molecule has 0 radical (unpaired) electrons. The average molecular weight is 342 g/mol. The third-order valence-electron chi connectivity index (χ3n) is 4.96. The number of hydrogen-bond acceptors (Lipinski definition) is 5. The van der Waals surface area contributed by atoms with Crippen molar-refractivity contribution in [2.45, 2.75) is 32.1 Å². The van der Waals surface area contributed by atoms with Crippen LogP contribution in [0, 0.1) is 0 Å². The fourth-order valence-electron chi connectivity index (χ4n) is 3.66. The van der Waals surface area contributed by atoms with Crippen molar-refractivity contribution in [2.75, 3.05) is 31.1 Å². The van der Waals surface area contributed by atoms with Gasteiger partial charge in [-0.3, -0.25) is 4.79 Å². The van der Waals surface area contributed by atoms with Gasteiger partial charge in [-0.2, -0.15) is 5.10 Å². The first kappa shape index (κ1) is 15.6. The molecule has 2 aliphatic rings. The van der Waals surface area contributed by atoms with Crippen LogP contribution in [-0.2, 0) is 12.8 Å². The molecule has 126 valence electrons. The van der Waals surface area contributed by atoms with Gasteiger partial charge in [-0.05, 0) is 49.8 Å². The second kappa shape index (κ2) is 6.89. The quantitative estimate of drug-likeness (QED) is 0.842. The lowest BCUT2D eigenvalue weighted by Gasteiger charge is -2.23. The molecule has 0 aromatic carbocycles. The Balaban J connectivity index is 1.47. The summed E-state index contributed by atoms with van der Waals surface area (Å²) < 4.78 is 0. The number of rotatable bonds is 2. The molecule has 1 saturated heterocycles. The molecule has 0 atom stereocenters. The van der Waals surface area contributed by atoms with E-state index in [1.165, 1.54) is 23.3 Å². The zero-order chi connectivity index (χ0) is 16.4. The van der Waals surface area contributed by atoms with Gasteiger partial charge < -0.3 is 9.80 Å². The van der Waals surface area contributed by atoms with Crippen molar-refractivity contribution in [3.8, 4) is 0 Å². The molecule has 5 nitrogen and oxygen atoms in total. The SMILES string of the molecule is O=C(c1csc2c1CCCC2)N1CCCN(c2cccnn2)CC1. The van der Waals surface area contributed by atoms with E-state index in [2.05, 4.69) is 20.5 Å². The highest BCUT2D eigenvalue weighted by Gasteiger charge is 2.25. The summed E-state index contributed by atoms with van der Waals surface area (Å²) in [5.41, 5.74) is 2.29. The Morgan fingerprint density at radius 3 is 2.88 bits per heavy atom. The number of aryl methyl sites for hydroxylation is 1. The summed E-state index contributed by atoms with van der Waals surface area (Å²) in [6, 6.07) is 3.90. The fourth-order valence-corrected chi connectivity index (χ4v) is 4.77. The van der Waals surface area contributed by atoms with Crippen LogP contribution >= 0.6 is 11.3 Å². The summed E-state index contributed by atoms with van der Waals surface area (Å²) in [5, 5.41) is 10.2. The predicted octanol–water partition coefficient (Wildman–Crippen LogP) is 2.77. The summed E-state index contributed by atoms with van der Waals surface area (Å²) >= 11 is 1.77. The van der Waals surface area contributed by atoms with Crippen molar-refractivity contribution in [3.05, 3.63) is 39.7 Å². The third kappa shape index (κ3) is 3.02.